The number of aliphatic carboxylic acids is 1. The molecule has 3 nitrogen and oxygen atoms in total. The van der Waals surface area contributed by atoms with E-state index in [4.69, 9.17) is 0 Å². The molecule has 0 aromatic heterocycles. The van der Waals surface area contributed by atoms with Crippen LogP contribution in [0.3, 0.4) is 0 Å². The van der Waals surface area contributed by atoms with E-state index in [1.165, 1.54) is 109 Å². The van der Waals surface area contributed by atoms with Gasteiger partial charge in [-0.1, -0.05) is 103 Å². The van der Waals surface area contributed by atoms with E-state index in [1.54, 1.807) is 0 Å². The number of hydrogen-bond donors (Lipinski definition) is 1. The van der Waals surface area contributed by atoms with Crippen molar-refractivity contribution in [3.05, 3.63) is 0 Å². The SMILES string of the molecule is O=C(O)C1(N2CCCCCCCC2)CCCCCCCCC12CCCCCCCC2. The van der Waals surface area contributed by atoms with Gasteiger partial charge in [0.05, 0.1) is 0 Å². The van der Waals surface area contributed by atoms with Crippen molar-refractivity contribution in [2.24, 2.45) is 5.41 Å². The van der Waals surface area contributed by atoms with Gasteiger partial charge >= 0.3 is 5.97 Å². The fourth-order valence-corrected chi connectivity index (χ4v) is 7.21. The van der Waals surface area contributed by atoms with Crippen LogP contribution in [0.2, 0.25) is 0 Å². The fourth-order valence-electron chi connectivity index (χ4n) is 7.21. The molecule has 3 rings (SSSR count). The third-order valence-electron chi connectivity index (χ3n) is 8.88. The van der Waals surface area contributed by atoms with E-state index in [0.29, 0.717) is 0 Å². The Morgan fingerprint density at radius 3 is 1.23 bits per heavy atom. The quantitative estimate of drug-likeness (QED) is 0.498. The van der Waals surface area contributed by atoms with Crippen molar-refractivity contribution in [2.45, 2.75) is 147 Å². The van der Waals surface area contributed by atoms with Gasteiger partial charge in [0.1, 0.15) is 5.54 Å². The number of carbonyl (C=O) groups is 1. The Bertz CT molecular complexity index is 485. The molecule has 1 saturated heterocycles. The van der Waals surface area contributed by atoms with Crippen molar-refractivity contribution in [1.29, 1.82) is 0 Å². The van der Waals surface area contributed by atoms with Gasteiger partial charge in [0.15, 0.2) is 0 Å². The van der Waals surface area contributed by atoms with Gasteiger partial charge in [-0.3, -0.25) is 9.69 Å². The minimum atomic E-state index is -0.626. The maximum Gasteiger partial charge on any atom is 0.324 e. The van der Waals surface area contributed by atoms with E-state index in [2.05, 4.69) is 4.90 Å². The van der Waals surface area contributed by atoms with Crippen LogP contribution in [0.5, 0.6) is 0 Å². The molecule has 2 aliphatic carbocycles. The second-order valence-corrected chi connectivity index (χ2v) is 10.8. The maximum atomic E-state index is 13.4. The molecule has 0 radical (unpaired) electrons. The molecular formula is C27H49NO2. The van der Waals surface area contributed by atoms with Crippen molar-refractivity contribution in [2.75, 3.05) is 13.1 Å². The molecule has 1 heterocycles. The number of rotatable bonds is 2. The highest BCUT2D eigenvalue weighted by molar-refractivity contribution is 5.80. The lowest BCUT2D eigenvalue weighted by molar-refractivity contribution is -0.169. The highest BCUT2D eigenvalue weighted by Crippen LogP contribution is 2.53. The van der Waals surface area contributed by atoms with Gasteiger partial charge in [-0.2, -0.15) is 0 Å². The molecule has 3 fully saturated rings. The van der Waals surface area contributed by atoms with Gasteiger partial charge in [0.2, 0.25) is 0 Å². The Hall–Kier alpha value is -0.570. The molecule has 3 heteroatoms. The zero-order valence-corrected chi connectivity index (χ0v) is 19.8. The number of carboxylic acids is 1. The van der Waals surface area contributed by atoms with Crippen molar-refractivity contribution < 1.29 is 9.90 Å². The van der Waals surface area contributed by atoms with Gasteiger partial charge in [0.25, 0.3) is 0 Å². The summed E-state index contributed by atoms with van der Waals surface area (Å²) in [5.41, 5.74) is -0.645. The molecule has 1 spiro atoms. The molecular weight excluding hydrogens is 370 g/mol. The predicted octanol–water partition coefficient (Wildman–Crippen LogP) is 7.72. The predicted molar refractivity (Wildman–Crippen MR) is 126 cm³/mol. The average molecular weight is 420 g/mol. The van der Waals surface area contributed by atoms with Crippen LogP contribution in [0, 0.1) is 5.41 Å². The first-order valence-electron chi connectivity index (χ1n) is 13.7. The highest BCUT2D eigenvalue weighted by atomic mass is 16.4. The van der Waals surface area contributed by atoms with Crippen molar-refractivity contribution in [1.82, 2.24) is 4.90 Å². The zero-order valence-electron chi connectivity index (χ0n) is 19.8. The standard InChI is InChI=1S/C27H49NO2/c29-25(30)27(28-23-17-11-5-6-12-18-24-28)22-16-10-4-3-9-15-21-26(27)19-13-7-1-2-8-14-20-26/h1-24H2,(H,29,30). The molecule has 1 unspecified atom stereocenters. The van der Waals surface area contributed by atoms with Crippen LogP contribution in [0.4, 0.5) is 0 Å². The second kappa shape index (κ2) is 12.5. The van der Waals surface area contributed by atoms with E-state index >= 15 is 0 Å². The lowest BCUT2D eigenvalue weighted by atomic mass is 9.58. The van der Waals surface area contributed by atoms with Crippen LogP contribution in [0.1, 0.15) is 141 Å². The monoisotopic (exact) mass is 419 g/mol. The molecule has 2 saturated carbocycles. The van der Waals surface area contributed by atoms with Gasteiger partial charge in [0, 0.05) is 0 Å². The summed E-state index contributed by atoms with van der Waals surface area (Å²) in [4.78, 5) is 16.0. The van der Waals surface area contributed by atoms with Gasteiger partial charge in [-0.15, -0.1) is 0 Å². The first-order valence-corrected chi connectivity index (χ1v) is 13.7. The summed E-state index contributed by atoms with van der Waals surface area (Å²) in [6.07, 6.45) is 27.2. The van der Waals surface area contributed by atoms with Gasteiger partial charge < -0.3 is 5.11 Å². The normalized spacial score (nSPS) is 31.3. The third kappa shape index (κ3) is 5.81. The molecule has 1 atom stereocenters. The van der Waals surface area contributed by atoms with Crippen molar-refractivity contribution in [3.63, 3.8) is 0 Å². The summed E-state index contributed by atoms with van der Waals surface area (Å²) in [6.45, 7) is 2.02. The van der Waals surface area contributed by atoms with Crippen molar-refractivity contribution >= 4 is 5.97 Å². The Labute approximate surface area is 186 Å². The molecule has 174 valence electrons. The van der Waals surface area contributed by atoms with E-state index in [-0.39, 0.29) is 5.41 Å². The molecule has 3 aliphatic rings. The maximum absolute atomic E-state index is 13.4. The minimum absolute atomic E-state index is 0.0193. The van der Waals surface area contributed by atoms with E-state index < -0.39 is 11.5 Å². The van der Waals surface area contributed by atoms with Crippen LogP contribution in [0.25, 0.3) is 0 Å². The van der Waals surface area contributed by atoms with Crippen LogP contribution in [-0.4, -0.2) is 34.6 Å². The molecule has 1 aliphatic heterocycles. The molecule has 1 N–H and O–H groups in total. The first kappa shape index (κ1) is 24.1. The smallest absolute Gasteiger partial charge is 0.324 e. The molecule has 0 aromatic carbocycles. The molecule has 0 amide bonds. The molecule has 0 bridgehead atoms. The van der Waals surface area contributed by atoms with Crippen LogP contribution in [0.15, 0.2) is 0 Å². The topological polar surface area (TPSA) is 40.5 Å². The molecule has 30 heavy (non-hydrogen) atoms. The van der Waals surface area contributed by atoms with E-state index in [1.807, 2.05) is 0 Å². The minimum Gasteiger partial charge on any atom is -0.480 e. The Morgan fingerprint density at radius 1 is 0.500 bits per heavy atom. The third-order valence-corrected chi connectivity index (χ3v) is 8.88. The van der Waals surface area contributed by atoms with Gasteiger partial charge in [-0.25, -0.2) is 0 Å². The van der Waals surface area contributed by atoms with Crippen LogP contribution in [-0.2, 0) is 4.79 Å². The van der Waals surface area contributed by atoms with Crippen LogP contribution >= 0.6 is 0 Å². The summed E-state index contributed by atoms with van der Waals surface area (Å²) in [5.74, 6) is -0.471. The Kier molecular flexibility index (Phi) is 10.0. The summed E-state index contributed by atoms with van der Waals surface area (Å²) >= 11 is 0. The van der Waals surface area contributed by atoms with E-state index in [9.17, 15) is 9.90 Å². The summed E-state index contributed by atoms with van der Waals surface area (Å²) in [7, 11) is 0. The van der Waals surface area contributed by atoms with Gasteiger partial charge in [-0.05, 0) is 57.0 Å². The summed E-state index contributed by atoms with van der Waals surface area (Å²) in [5, 5.41) is 11.1. The van der Waals surface area contributed by atoms with E-state index in [0.717, 1.165) is 45.2 Å². The Balaban J connectivity index is 2.02. The first-order chi connectivity index (χ1) is 14.7. The lowest BCUT2D eigenvalue weighted by Crippen LogP contribution is -2.65. The largest absolute Gasteiger partial charge is 0.480 e. The molecule has 0 aromatic rings. The highest BCUT2D eigenvalue weighted by Gasteiger charge is 2.58. The number of hydrogen-bond acceptors (Lipinski definition) is 2. The fraction of sp³-hybridized carbons (Fsp3) is 0.963. The second-order valence-electron chi connectivity index (χ2n) is 10.8. The lowest BCUT2D eigenvalue weighted by Gasteiger charge is -2.55. The zero-order chi connectivity index (χ0) is 21.1. The van der Waals surface area contributed by atoms with Crippen molar-refractivity contribution in [3.8, 4) is 0 Å². The number of carboxylic acid groups (broad SMARTS) is 1. The summed E-state index contributed by atoms with van der Waals surface area (Å²) in [6, 6.07) is 0. The van der Waals surface area contributed by atoms with Crippen LogP contribution < -0.4 is 0 Å². The number of nitrogens with zero attached hydrogens (tertiary/aromatic N) is 1. The Morgan fingerprint density at radius 2 is 0.833 bits per heavy atom. The average Bonchev–Trinajstić information content (AvgIpc) is 2.95. The summed E-state index contributed by atoms with van der Waals surface area (Å²) < 4.78 is 0.